The van der Waals surface area contributed by atoms with Crippen molar-refractivity contribution in [2.75, 3.05) is 0 Å². The fourth-order valence-electron chi connectivity index (χ4n) is 0. The van der Waals surface area contributed by atoms with E-state index in [4.69, 9.17) is 17.9 Å². The average Bonchev–Trinajstić information content (AvgIpc) is 1.41. The van der Waals surface area contributed by atoms with Gasteiger partial charge in [-0.1, -0.05) is 0 Å². The van der Waals surface area contributed by atoms with Crippen LogP contribution in [0.25, 0.3) is 0 Å². The zero-order chi connectivity index (χ0) is 5.58. The van der Waals surface area contributed by atoms with Crippen molar-refractivity contribution in [1.29, 1.82) is 0 Å². The van der Waals surface area contributed by atoms with E-state index in [2.05, 4.69) is 0 Å². The van der Waals surface area contributed by atoms with Crippen LogP contribution in [0.5, 0.6) is 0 Å². The summed E-state index contributed by atoms with van der Waals surface area (Å²) in [5, 5.41) is 21.5. The fraction of sp³-hybridized carbons (Fsp3) is 0. The predicted molar refractivity (Wildman–Crippen MR) is 30.2 cm³/mol. The number of hydrogen-bond donors (Lipinski definition) is 3. The molecule has 0 saturated carbocycles. The van der Waals surface area contributed by atoms with Crippen LogP contribution in [0.3, 0.4) is 0 Å². The van der Waals surface area contributed by atoms with Crippen LogP contribution >= 0.6 is 0 Å². The van der Waals surface area contributed by atoms with Gasteiger partial charge in [-0.2, -0.15) is 0 Å². The minimum absolute atomic E-state index is 0. The van der Waals surface area contributed by atoms with Gasteiger partial charge in [0.05, 0.1) is 0 Å². The normalized spacial score (nSPS) is 4.43. The Labute approximate surface area is 67.1 Å². The Morgan fingerprint density at radius 1 is 1.14 bits per heavy atom. The topological polar surface area (TPSA) is 77.8 Å². The SMILES string of the molecule is OB(O)O.[AlH3].[O]=[BiH]. The van der Waals surface area contributed by atoms with Crippen molar-refractivity contribution in [3.05, 3.63) is 0 Å². The second-order valence-electron chi connectivity index (χ2n) is 0.346. The van der Waals surface area contributed by atoms with Crippen molar-refractivity contribution in [3.63, 3.8) is 0 Å². The molecule has 7 heteroatoms. The molecule has 0 aromatic carbocycles. The van der Waals surface area contributed by atoms with Crippen molar-refractivity contribution in [2.24, 2.45) is 0 Å². The number of hydrogen-bond acceptors (Lipinski definition) is 4. The summed E-state index contributed by atoms with van der Waals surface area (Å²) < 4.78 is 8.39. The molecular formula is H7AlBBiO4. The molecule has 0 unspecified atom stereocenters. The summed E-state index contributed by atoms with van der Waals surface area (Å²) in [6.07, 6.45) is 0. The van der Waals surface area contributed by atoms with Gasteiger partial charge in [0.15, 0.2) is 17.4 Å². The van der Waals surface area contributed by atoms with Gasteiger partial charge >= 0.3 is 34.9 Å². The van der Waals surface area contributed by atoms with E-state index < -0.39 is 7.32 Å². The Morgan fingerprint density at radius 3 is 1.14 bits per heavy atom. The summed E-state index contributed by atoms with van der Waals surface area (Å²) >= 11 is 0.0556. The fourth-order valence-corrected chi connectivity index (χ4v) is 0. The molecule has 3 N–H and O–H groups in total. The summed E-state index contributed by atoms with van der Waals surface area (Å²) in [5.41, 5.74) is 0. The molecule has 0 bridgehead atoms. The van der Waals surface area contributed by atoms with E-state index in [1.165, 1.54) is 0 Å². The Bertz CT molecular complexity index is 22.9. The first kappa shape index (κ1) is 15.7. The molecule has 0 spiro atoms. The summed E-state index contributed by atoms with van der Waals surface area (Å²) in [4.78, 5) is 0. The molecule has 0 radical (unpaired) electrons. The van der Waals surface area contributed by atoms with E-state index >= 15 is 0 Å². The molecule has 0 aliphatic rings. The van der Waals surface area contributed by atoms with Crippen molar-refractivity contribution in [3.8, 4) is 0 Å². The van der Waals surface area contributed by atoms with Gasteiger partial charge in [0.2, 0.25) is 0 Å². The Balaban J connectivity index is -0.0000000480. The van der Waals surface area contributed by atoms with Crippen LogP contribution in [0.4, 0.5) is 0 Å². The van der Waals surface area contributed by atoms with Crippen LogP contribution in [0.2, 0.25) is 0 Å². The molecule has 42 valence electrons. The summed E-state index contributed by atoms with van der Waals surface area (Å²) in [7, 11) is -2.17. The second-order valence-corrected chi connectivity index (χ2v) is 0.346. The van der Waals surface area contributed by atoms with Gasteiger partial charge < -0.3 is 15.1 Å². The van der Waals surface area contributed by atoms with E-state index in [1.54, 1.807) is 0 Å². The molecule has 0 atom stereocenters. The van der Waals surface area contributed by atoms with Gasteiger partial charge in [0, 0.05) is 0 Å². The maximum atomic E-state index is 8.39. The standard InChI is InChI=1S/Al.BH3O3.Bi.O.4H/c;2-1(3)4;;;;;;/h;2-4H;;;;;;. The molecule has 0 heterocycles. The predicted octanol–water partition coefficient (Wildman–Crippen LogP) is -4.00. The molecule has 4 nitrogen and oxygen atoms in total. The van der Waals surface area contributed by atoms with E-state index in [1.807, 2.05) is 0 Å². The monoisotopic (exact) mass is 318 g/mol. The molecule has 0 aliphatic heterocycles. The van der Waals surface area contributed by atoms with Gasteiger partial charge in [-0.15, -0.1) is 0 Å². The second kappa shape index (κ2) is 15.7. The molecule has 0 aliphatic carbocycles. The molecule has 0 aromatic rings. The first-order chi connectivity index (χ1) is 2.73. The van der Waals surface area contributed by atoms with Crippen LogP contribution in [-0.4, -0.2) is 64.5 Å². The molecule has 0 amide bonds. The Morgan fingerprint density at radius 2 is 1.14 bits per heavy atom. The molecule has 0 saturated heterocycles. The quantitative estimate of drug-likeness (QED) is 0.398. The van der Waals surface area contributed by atoms with Crippen LogP contribution in [-0.2, 0) is 2.81 Å². The Hall–Kier alpha value is 1.16. The third-order valence-electron chi connectivity index (χ3n) is 0. The first-order valence-corrected chi connectivity index (χ1v) is 2.57. The maximum absolute atomic E-state index is 8.39. The van der Waals surface area contributed by atoms with Crippen molar-refractivity contribution >= 4 is 49.4 Å². The van der Waals surface area contributed by atoms with E-state index in [9.17, 15) is 0 Å². The summed E-state index contributed by atoms with van der Waals surface area (Å²) in [5.74, 6) is 0. The molecular weight excluding hydrogens is 311 g/mol. The van der Waals surface area contributed by atoms with Crippen molar-refractivity contribution in [2.45, 2.75) is 0 Å². The van der Waals surface area contributed by atoms with E-state index in [0.717, 1.165) is 0 Å². The van der Waals surface area contributed by atoms with Gasteiger partial charge in [-0.3, -0.25) is 0 Å². The van der Waals surface area contributed by atoms with Crippen molar-refractivity contribution < 1.29 is 17.9 Å². The average molecular weight is 318 g/mol. The van der Waals surface area contributed by atoms with Gasteiger partial charge in [0.1, 0.15) is 0 Å². The van der Waals surface area contributed by atoms with E-state index in [0.29, 0.717) is 0 Å². The summed E-state index contributed by atoms with van der Waals surface area (Å²) in [6.45, 7) is 0. The first-order valence-electron chi connectivity index (χ1n) is 0.979. The van der Waals surface area contributed by atoms with Gasteiger partial charge in [0.25, 0.3) is 0 Å². The van der Waals surface area contributed by atoms with Crippen LogP contribution < -0.4 is 0 Å². The van der Waals surface area contributed by atoms with Crippen LogP contribution in [0.1, 0.15) is 0 Å². The van der Waals surface area contributed by atoms with Crippen LogP contribution in [0.15, 0.2) is 0 Å². The number of rotatable bonds is 0. The molecule has 0 rings (SSSR count). The van der Waals surface area contributed by atoms with Crippen LogP contribution in [0, 0.1) is 0 Å². The zero-order valence-corrected chi connectivity index (χ0v) is 6.71. The molecule has 0 fully saturated rings. The van der Waals surface area contributed by atoms with Gasteiger partial charge in [-0.05, 0) is 0 Å². The Kier molecular flexibility index (Phi) is 35.2. The third kappa shape index (κ3) is 142. The molecule has 0 aromatic heterocycles. The van der Waals surface area contributed by atoms with Crippen molar-refractivity contribution in [1.82, 2.24) is 0 Å². The third-order valence-corrected chi connectivity index (χ3v) is 0. The van der Waals surface area contributed by atoms with E-state index in [-0.39, 0.29) is 42.1 Å². The van der Waals surface area contributed by atoms with Gasteiger partial charge in [-0.25, -0.2) is 0 Å². The minimum atomic E-state index is -2.17. The molecule has 7 heavy (non-hydrogen) atoms. The zero-order valence-electron chi connectivity index (χ0n) is 2.83. The summed E-state index contributed by atoms with van der Waals surface area (Å²) in [6, 6.07) is 0.